The smallest absolute Gasteiger partial charge is 0.264 e. The van der Waals surface area contributed by atoms with E-state index in [4.69, 9.17) is 47.4 Å². The number of hydrogen-bond acceptors (Lipinski definition) is 15. The second kappa shape index (κ2) is 28.3. The fourth-order valence-corrected chi connectivity index (χ4v) is 5.06. The molecule has 3 rings (SSSR count). The Bertz CT molecular complexity index is 1210. The van der Waals surface area contributed by atoms with Crippen LogP contribution >= 0.6 is 0 Å². The SMILES string of the molecule is O=C1CCC(N2C(=O)c3cccc(NCCOCCOCCOCCOCCOCCOCCOCCOCCOCCOCCF)c3C2=O)C(=O)N1. The Hall–Kier alpha value is -3.17. The molecule has 1 aromatic carbocycles. The Morgan fingerprint density at radius 2 is 1.00 bits per heavy atom. The van der Waals surface area contributed by atoms with Crippen molar-refractivity contribution in [3.63, 3.8) is 0 Å². The van der Waals surface area contributed by atoms with Crippen LogP contribution in [-0.2, 0) is 57.0 Å². The number of amides is 4. The van der Waals surface area contributed by atoms with Crippen molar-refractivity contribution in [2.75, 3.05) is 151 Å². The lowest BCUT2D eigenvalue weighted by molar-refractivity contribution is -0.136. The zero-order valence-corrected chi connectivity index (χ0v) is 30.3. The molecule has 17 nitrogen and oxygen atoms in total. The number of ether oxygens (including phenoxy) is 10. The molecule has 1 fully saturated rings. The Labute approximate surface area is 309 Å². The van der Waals surface area contributed by atoms with Gasteiger partial charge in [0.25, 0.3) is 11.8 Å². The van der Waals surface area contributed by atoms with Crippen molar-refractivity contribution in [1.29, 1.82) is 0 Å². The van der Waals surface area contributed by atoms with E-state index >= 15 is 0 Å². The van der Waals surface area contributed by atoms with Crippen LogP contribution in [0.1, 0.15) is 33.6 Å². The van der Waals surface area contributed by atoms with E-state index < -0.39 is 36.3 Å². The van der Waals surface area contributed by atoms with E-state index in [2.05, 4.69) is 10.6 Å². The maximum Gasteiger partial charge on any atom is 0.264 e. The Balaban J connectivity index is 1.03. The molecule has 0 radical (unpaired) electrons. The number of nitrogens with zero attached hydrogens (tertiary/aromatic N) is 1. The summed E-state index contributed by atoms with van der Waals surface area (Å²) >= 11 is 0. The zero-order valence-electron chi connectivity index (χ0n) is 30.3. The lowest BCUT2D eigenvalue weighted by Gasteiger charge is -2.27. The average Bonchev–Trinajstić information content (AvgIpc) is 3.41. The van der Waals surface area contributed by atoms with Crippen LogP contribution in [0.4, 0.5) is 10.1 Å². The number of alkyl halides is 1. The van der Waals surface area contributed by atoms with Gasteiger partial charge in [-0.15, -0.1) is 0 Å². The predicted molar refractivity (Wildman–Crippen MR) is 186 cm³/mol. The maximum atomic E-state index is 13.1. The molecule has 300 valence electrons. The Kier molecular flexibility index (Phi) is 23.6. The summed E-state index contributed by atoms with van der Waals surface area (Å²) in [5.41, 5.74) is 0.897. The van der Waals surface area contributed by atoms with Gasteiger partial charge < -0.3 is 52.7 Å². The van der Waals surface area contributed by atoms with E-state index in [0.29, 0.717) is 138 Å². The number of carbonyl (C=O) groups excluding carboxylic acids is 4. The third kappa shape index (κ3) is 17.7. The van der Waals surface area contributed by atoms with Gasteiger partial charge in [-0.1, -0.05) is 6.07 Å². The fourth-order valence-electron chi connectivity index (χ4n) is 5.06. The minimum Gasteiger partial charge on any atom is -0.382 e. The van der Waals surface area contributed by atoms with Crippen LogP contribution < -0.4 is 10.6 Å². The molecule has 1 unspecified atom stereocenters. The first-order chi connectivity index (χ1) is 26.0. The highest BCUT2D eigenvalue weighted by Gasteiger charge is 2.45. The van der Waals surface area contributed by atoms with Crippen molar-refractivity contribution >= 4 is 29.3 Å². The summed E-state index contributed by atoms with van der Waals surface area (Å²) in [5.74, 6) is -2.18. The number of carbonyl (C=O) groups is 4. The number of benzene rings is 1. The van der Waals surface area contributed by atoms with Crippen LogP contribution in [-0.4, -0.2) is 180 Å². The van der Waals surface area contributed by atoms with Crippen LogP contribution in [0.2, 0.25) is 0 Å². The van der Waals surface area contributed by atoms with Gasteiger partial charge in [-0.25, -0.2) is 4.39 Å². The summed E-state index contributed by atoms with van der Waals surface area (Å²) < 4.78 is 65.9. The Morgan fingerprint density at radius 3 is 1.42 bits per heavy atom. The van der Waals surface area contributed by atoms with Crippen LogP contribution in [0.25, 0.3) is 0 Å². The first-order valence-corrected chi connectivity index (χ1v) is 18.0. The van der Waals surface area contributed by atoms with Gasteiger partial charge in [0, 0.05) is 18.7 Å². The number of imide groups is 2. The van der Waals surface area contributed by atoms with Gasteiger partial charge in [0.15, 0.2) is 0 Å². The summed E-state index contributed by atoms with van der Waals surface area (Å²) in [5, 5.41) is 5.32. The van der Waals surface area contributed by atoms with Gasteiger partial charge in [-0.05, 0) is 18.6 Å². The fraction of sp³-hybridized carbons (Fsp3) is 0.714. The van der Waals surface area contributed by atoms with Crippen molar-refractivity contribution in [2.24, 2.45) is 0 Å². The van der Waals surface area contributed by atoms with Crippen LogP contribution in [0.5, 0.6) is 0 Å². The van der Waals surface area contributed by atoms with E-state index in [1.165, 1.54) is 0 Å². The summed E-state index contributed by atoms with van der Waals surface area (Å²) in [6.45, 7) is 8.23. The van der Waals surface area contributed by atoms with E-state index in [-0.39, 0.29) is 30.6 Å². The van der Waals surface area contributed by atoms with E-state index in [1.54, 1.807) is 18.2 Å². The van der Waals surface area contributed by atoms with Crippen molar-refractivity contribution in [2.45, 2.75) is 18.9 Å². The normalized spacial score (nSPS) is 15.7. The molecule has 0 spiro atoms. The number of halogens is 1. The first kappa shape index (κ1) is 44.2. The quantitative estimate of drug-likeness (QED) is 0.0736. The van der Waals surface area contributed by atoms with E-state index in [1.807, 2.05) is 0 Å². The Morgan fingerprint density at radius 1 is 0.585 bits per heavy atom. The highest BCUT2D eigenvalue weighted by Crippen LogP contribution is 2.32. The van der Waals surface area contributed by atoms with Crippen molar-refractivity contribution in [3.05, 3.63) is 29.3 Å². The predicted octanol–water partition coefficient (Wildman–Crippen LogP) is 0.635. The van der Waals surface area contributed by atoms with E-state index in [0.717, 1.165) is 4.90 Å². The highest BCUT2D eigenvalue weighted by atomic mass is 19.1. The molecule has 2 aliphatic rings. The second-order valence-corrected chi connectivity index (χ2v) is 11.4. The molecule has 0 aliphatic carbocycles. The first-order valence-electron chi connectivity index (χ1n) is 18.0. The number of piperidine rings is 1. The molecule has 2 aliphatic heterocycles. The zero-order chi connectivity index (χ0) is 37.8. The maximum absolute atomic E-state index is 13.1. The molecule has 1 saturated heterocycles. The number of hydrogen-bond donors (Lipinski definition) is 2. The summed E-state index contributed by atoms with van der Waals surface area (Å²) in [6.07, 6.45) is 0.165. The molecule has 1 atom stereocenters. The molecule has 0 aromatic heterocycles. The topological polar surface area (TPSA) is 188 Å². The third-order valence-electron chi connectivity index (χ3n) is 7.60. The standard InChI is InChI=1S/C35H54FN3O14/c36-6-8-44-10-12-46-14-16-48-18-20-50-22-24-52-26-27-53-25-23-51-21-19-49-17-15-47-13-11-45-9-7-37-29-3-1-2-28-32(29)35(43)39(34(28)42)30-4-5-31(40)38-33(30)41/h1-3,30,37H,4-27H2,(H,38,40,41). The number of nitrogens with one attached hydrogen (secondary N) is 2. The van der Waals surface area contributed by atoms with Gasteiger partial charge >= 0.3 is 0 Å². The number of fused-ring (bicyclic) bond motifs is 1. The van der Waals surface area contributed by atoms with Crippen LogP contribution in [0.15, 0.2) is 18.2 Å². The molecule has 1 aromatic rings. The lowest BCUT2D eigenvalue weighted by Crippen LogP contribution is -2.54. The summed E-state index contributed by atoms with van der Waals surface area (Å²) in [4.78, 5) is 50.8. The van der Waals surface area contributed by atoms with Crippen LogP contribution in [0, 0.1) is 0 Å². The lowest BCUT2D eigenvalue weighted by atomic mass is 10.0. The van der Waals surface area contributed by atoms with Gasteiger partial charge in [-0.2, -0.15) is 0 Å². The molecular weight excluding hydrogens is 705 g/mol. The molecule has 0 bridgehead atoms. The third-order valence-corrected chi connectivity index (χ3v) is 7.60. The van der Waals surface area contributed by atoms with Crippen LogP contribution in [0.3, 0.4) is 0 Å². The molecular formula is C35H54FN3O14. The monoisotopic (exact) mass is 759 g/mol. The minimum absolute atomic E-state index is 0.0634. The largest absolute Gasteiger partial charge is 0.382 e. The van der Waals surface area contributed by atoms with Gasteiger partial charge in [0.2, 0.25) is 11.8 Å². The molecule has 2 N–H and O–H groups in total. The van der Waals surface area contributed by atoms with Gasteiger partial charge in [-0.3, -0.25) is 29.4 Å². The molecule has 4 amide bonds. The van der Waals surface area contributed by atoms with Crippen molar-refractivity contribution in [3.8, 4) is 0 Å². The van der Waals surface area contributed by atoms with Gasteiger partial charge in [0.1, 0.15) is 12.7 Å². The number of rotatable bonds is 34. The average molecular weight is 760 g/mol. The molecule has 0 saturated carbocycles. The van der Waals surface area contributed by atoms with E-state index in [9.17, 15) is 23.6 Å². The minimum atomic E-state index is -1.01. The highest BCUT2D eigenvalue weighted by molar-refractivity contribution is 6.25. The van der Waals surface area contributed by atoms with Crippen molar-refractivity contribution < 1.29 is 70.9 Å². The molecule has 53 heavy (non-hydrogen) atoms. The number of anilines is 1. The molecule has 18 heteroatoms. The van der Waals surface area contributed by atoms with Crippen molar-refractivity contribution in [1.82, 2.24) is 10.2 Å². The molecule has 2 heterocycles. The second-order valence-electron chi connectivity index (χ2n) is 11.4. The summed E-state index contributed by atoms with van der Waals surface area (Å²) in [7, 11) is 0. The summed E-state index contributed by atoms with van der Waals surface area (Å²) in [6, 6.07) is 3.89. The van der Waals surface area contributed by atoms with Gasteiger partial charge in [0.05, 0.1) is 143 Å².